The van der Waals surface area contributed by atoms with E-state index in [4.69, 9.17) is 4.74 Å². The molecule has 0 saturated carbocycles. The lowest BCUT2D eigenvalue weighted by Gasteiger charge is -2.25. The average Bonchev–Trinajstić information content (AvgIpc) is 3.12. The van der Waals surface area contributed by atoms with Gasteiger partial charge in [0.1, 0.15) is 6.10 Å². The van der Waals surface area contributed by atoms with Crippen LogP contribution in [-0.2, 0) is 19.1 Å². The highest BCUT2D eigenvalue weighted by Gasteiger charge is 2.31. The molecule has 1 saturated heterocycles. The molecule has 152 valence electrons. The van der Waals surface area contributed by atoms with Gasteiger partial charge >= 0.3 is 5.97 Å². The van der Waals surface area contributed by atoms with E-state index in [1.165, 1.54) is 0 Å². The van der Waals surface area contributed by atoms with Crippen LogP contribution in [0.5, 0.6) is 0 Å². The fourth-order valence-corrected chi connectivity index (χ4v) is 3.59. The van der Waals surface area contributed by atoms with Crippen molar-refractivity contribution in [1.82, 2.24) is 10.2 Å². The van der Waals surface area contributed by atoms with Gasteiger partial charge in [0.2, 0.25) is 11.8 Å². The molecule has 0 aromatic heterocycles. The number of esters is 1. The van der Waals surface area contributed by atoms with Gasteiger partial charge in [-0.05, 0) is 45.4 Å². The molecule has 0 aromatic carbocycles. The number of cyclic esters (lactones) is 1. The molecular formula is C20H32N2O5. The van der Waals surface area contributed by atoms with Crippen LogP contribution < -0.4 is 5.32 Å². The Balaban J connectivity index is 2.00. The van der Waals surface area contributed by atoms with Crippen LogP contribution in [0.25, 0.3) is 0 Å². The minimum atomic E-state index is -0.459. The van der Waals surface area contributed by atoms with E-state index in [9.17, 15) is 19.5 Å². The normalized spacial score (nSPS) is 28.4. The molecule has 2 aliphatic heterocycles. The summed E-state index contributed by atoms with van der Waals surface area (Å²) in [7, 11) is 0. The van der Waals surface area contributed by atoms with E-state index in [0.29, 0.717) is 19.4 Å². The number of ether oxygens (including phenoxy) is 1. The molecule has 1 fully saturated rings. The lowest BCUT2D eigenvalue weighted by molar-refractivity contribution is -0.148. The number of nitrogens with one attached hydrogen (secondary N) is 1. The number of likely N-dealkylation sites (tertiary alicyclic amines) is 1. The quantitative estimate of drug-likeness (QED) is 0.572. The lowest BCUT2D eigenvalue weighted by atomic mass is 9.98. The number of carbonyl (C=O) groups excluding carboxylic acids is 3. The second-order valence-electron chi connectivity index (χ2n) is 7.47. The number of allylic oxidation sites excluding steroid dienone is 2. The Kier molecular flexibility index (Phi) is 8.78. The van der Waals surface area contributed by atoms with Crippen LogP contribution in [0.2, 0.25) is 0 Å². The van der Waals surface area contributed by atoms with Crippen molar-refractivity contribution in [3.8, 4) is 0 Å². The van der Waals surface area contributed by atoms with Crippen molar-refractivity contribution in [3.05, 3.63) is 12.2 Å². The van der Waals surface area contributed by atoms with Crippen LogP contribution in [0, 0.1) is 5.92 Å². The van der Waals surface area contributed by atoms with E-state index < -0.39 is 12.0 Å². The minimum absolute atomic E-state index is 0.0363. The monoisotopic (exact) mass is 380 g/mol. The number of hydrogen-bond donors (Lipinski definition) is 2. The highest BCUT2D eigenvalue weighted by molar-refractivity contribution is 5.86. The number of carbonyl (C=O) groups is 3. The molecule has 0 radical (unpaired) electrons. The van der Waals surface area contributed by atoms with Crippen molar-refractivity contribution >= 4 is 17.8 Å². The van der Waals surface area contributed by atoms with Gasteiger partial charge in [-0.2, -0.15) is 0 Å². The van der Waals surface area contributed by atoms with Gasteiger partial charge in [0, 0.05) is 19.4 Å². The first kappa shape index (κ1) is 21.4. The second kappa shape index (κ2) is 11.1. The number of hydrogen-bond acceptors (Lipinski definition) is 5. The molecule has 2 heterocycles. The van der Waals surface area contributed by atoms with Crippen LogP contribution in [0.1, 0.15) is 58.3 Å². The summed E-state index contributed by atoms with van der Waals surface area (Å²) < 4.78 is 5.30. The van der Waals surface area contributed by atoms with E-state index in [0.717, 1.165) is 32.1 Å². The molecule has 0 spiro atoms. The maximum Gasteiger partial charge on any atom is 0.306 e. The Hall–Kier alpha value is -1.89. The number of rotatable bonds is 3. The fourth-order valence-electron chi connectivity index (χ4n) is 3.59. The first-order valence-electron chi connectivity index (χ1n) is 10.0. The third-order valence-electron chi connectivity index (χ3n) is 5.19. The van der Waals surface area contributed by atoms with Crippen LogP contribution in [0.3, 0.4) is 0 Å². The molecule has 3 unspecified atom stereocenters. The average molecular weight is 380 g/mol. The zero-order chi connectivity index (χ0) is 19.6. The van der Waals surface area contributed by atoms with Crippen LogP contribution in [0.15, 0.2) is 12.2 Å². The van der Waals surface area contributed by atoms with E-state index in [-0.39, 0.29) is 43.4 Å². The van der Waals surface area contributed by atoms with Crippen molar-refractivity contribution in [1.29, 1.82) is 0 Å². The van der Waals surface area contributed by atoms with E-state index in [1.54, 1.807) is 11.8 Å². The maximum absolute atomic E-state index is 12.7. The summed E-state index contributed by atoms with van der Waals surface area (Å²) in [4.78, 5) is 38.7. The van der Waals surface area contributed by atoms with Crippen molar-refractivity contribution in [2.45, 2.75) is 70.4 Å². The summed E-state index contributed by atoms with van der Waals surface area (Å²) in [6.45, 7) is 2.59. The third kappa shape index (κ3) is 6.97. The van der Waals surface area contributed by atoms with Gasteiger partial charge in [0.15, 0.2) is 0 Å². The first-order chi connectivity index (χ1) is 13.0. The molecule has 0 aliphatic carbocycles. The van der Waals surface area contributed by atoms with Gasteiger partial charge in [-0.15, -0.1) is 0 Å². The molecule has 0 aromatic rings. The number of nitrogens with zero attached hydrogens (tertiary/aromatic N) is 1. The van der Waals surface area contributed by atoms with Gasteiger partial charge < -0.3 is 20.1 Å². The van der Waals surface area contributed by atoms with Crippen LogP contribution in [0.4, 0.5) is 0 Å². The Bertz CT molecular complexity index is 548. The number of amides is 2. The van der Waals surface area contributed by atoms with Gasteiger partial charge in [-0.3, -0.25) is 14.4 Å². The number of aliphatic hydroxyl groups is 1. The van der Waals surface area contributed by atoms with Crippen molar-refractivity contribution < 1.29 is 24.2 Å². The zero-order valence-corrected chi connectivity index (χ0v) is 16.2. The maximum atomic E-state index is 12.7. The topological polar surface area (TPSA) is 95.9 Å². The molecule has 2 aliphatic rings. The molecule has 3 atom stereocenters. The van der Waals surface area contributed by atoms with Gasteiger partial charge in [-0.1, -0.05) is 12.2 Å². The highest BCUT2D eigenvalue weighted by Crippen LogP contribution is 2.21. The summed E-state index contributed by atoms with van der Waals surface area (Å²) in [6, 6.07) is -0.131. The minimum Gasteiger partial charge on any atom is -0.461 e. The standard InChI is InChI=1S/C20H32N2O5/c1-15-13-21-20(26)16(8-5-3-2-4-6-10-19(25)27-15)12-18(24)22-11-7-9-17(22)14-23/h3,5,15-17,23H,2,4,6-14H2,1H3,(H,21,26). The molecule has 2 amide bonds. The van der Waals surface area contributed by atoms with E-state index in [1.807, 2.05) is 12.2 Å². The molecular weight excluding hydrogens is 348 g/mol. The molecule has 27 heavy (non-hydrogen) atoms. The summed E-state index contributed by atoms with van der Waals surface area (Å²) in [5, 5.41) is 12.2. The predicted octanol–water partition coefficient (Wildman–Crippen LogP) is 1.54. The van der Waals surface area contributed by atoms with Gasteiger partial charge in [0.05, 0.1) is 25.1 Å². The van der Waals surface area contributed by atoms with Crippen molar-refractivity contribution in [2.24, 2.45) is 5.92 Å². The molecule has 0 bridgehead atoms. The van der Waals surface area contributed by atoms with Crippen LogP contribution in [-0.4, -0.2) is 59.6 Å². The molecule has 2 rings (SSSR count). The molecule has 7 heteroatoms. The Morgan fingerprint density at radius 1 is 1.30 bits per heavy atom. The van der Waals surface area contributed by atoms with Gasteiger partial charge in [0.25, 0.3) is 0 Å². The largest absolute Gasteiger partial charge is 0.461 e. The van der Waals surface area contributed by atoms with Crippen molar-refractivity contribution in [3.63, 3.8) is 0 Å². The molecule has 2 N–H and O–H groups in total. The zero-order valence-electron chi connectivity index (χ0n) is 16.2. The number of aliphatic hydroxyl groups excluding tert-OH is 1. The summed E-state index contributed by atoms with van der Waals surface area (Å²) in [5.74, 6) is -0.985. The summed E-state index contributed by atoms with van der Waals surface area (Å²) in [5.41, 5.74) is 0. The predicted molar refractivity (Wildman–Crippen MR) is 101 cm³/mol. The Morgan fingerprint density at radius 3 is 2.89 bits per heavy atom. The molecule has 7 nitrogen and oxygen atoms in total. The van der Waals surface area contributed by atoms with E-state index >= 15 is 0 Å². The third-order valence-corrected chi connectivity index (χ3v) is 5.19. The van der Waals surface area contributed by atoms with Crippen molar-refractivity contribution in [2.75, 3.05) is 19.7 Å². The lowest BCUT2D eigenvalue weighted by Crippen LogP contribution is -2.42. The first-order valence-corrected chi connectivity index (χ1v) is 10.0. The SMILES string of the molecule is CC1CNC(=O)C(CC(=O)N2CCCC2CO)CC=CCCCCC(=O)O1. The van der Waals surface area contributed by atoms with Crippen LogP contribution >= 0.6 is 0 Å². The Labute approximate surface area is 161 Å². The summed E-state index contributed by atoms with van der Waals surface area (Å²) >= 11 is 0. The van der Waals surface area contributed by atoms with E-state index in [2.05, 4.69) is 5.32 Å². The van der Waals surface area contributed by atoms with Gasteiger partial charge in [-0.25, -0.2) is 0 Å². The highest BCUT2D eigenvalue weighted by atomic mass is 16.5. The Morgan fingerprint density at radius 2 is 2.11 bits per heavy atom. The second-order valence-corrected chi connectivity index (χ2v) is 7.47. The smallest absolute Gasteiger partial charge is 0.306 e. The fraction of sp³-hybridized carbons (Fsp3) is 0.750. The summed E-state index contributed by atoms with van der Waals surface area (Å²) in [6.07, 6.45) is 8.80.